The zero-order valence-electron chi connectivity index (χ0n) is 11.9. The number of rotatable bonds is 2. The fraction of sp³-hybridized carbons (Fsp3) is 0.625. The molecule has 1 unspecified atom stereocenters. The van der Waals surface area contributed by atoms with Gasteiger partial charge in [0.15, 0.2) is 0 Å². The molecule has 2 nitrogen and oxygen atoms in total. The molecule has 18 heavy (non-hydrogen) atoms. The summed E-state index contributed by atoms with van der Waals surface area (Å²) >= 11 is 0. The second kappa shape index (κ2) is 6.24. The van der Waals surface area contributed by atoms with E-state index in [9.17, 15) is 0 Å². The average Bonchev–Trinajstić information content (AvgIpc) is 2.35. The van der Waals surface area contributed by atoms with Crippen LogP contribution in [0.4, 0.5) is 5.69 Å². The van der Waals surface area contributed by atoms with Crippen LogP contribution in [0, 0.1) is 0 Å². The van der Waals surface area contributed by atoms with Crippen LogP contribution < -0.4 is 10.2 Å². The topological polar surface area (TPSA) is 15.3 Å². The Balaban J connectivity index is 2.12. The molecule has 100 valence electrons. The number of nitrogens with zero attached hydrogens (tertiary/aromatic N) is 1. The molecule has 0 amide bonds. The fourth-order valence-corrected chi connectivity index (χ4v) is 2.62. The van der Waals surface area contributed by atoms with Crippen molar-refractivity contribution >= 4 is 5.69 Å². The molecule has 0 aromatic heterocycles. The third-order valence-electron chi connectivity index (χ3n) is 3.91. The van der Waals surface area contributed by atoms with E-state index < -0.39 is 0 Å². The summed E-state index contributed by atoms with van der Waals surface area (Å²) in [6.45, 7) is 10.3. The van der Waals surface area contributed by atoms with Crippen LogP contribution in [-0.4, -0.2) is 25.7 Å². The molecule has 1 heterocycles. The lowest BCUT2D eigenvalue weighted by Crippen LogP contribution is -2.40. The largest absolute Gasteiger partial charge is 0.369 e. The van der Waals surface area contributed by atoms with Crippen LogP contribution in [0.3, 0.4) is 0 Å². The second-order valence-corrected chi connectivity index (χ2v) is 5.68. The van der Waals surface area contributed by atoms with Crippen LogP contribution in [0.2, 0.25) is 0 Å². The van der Waals surface area contributed by atoms with Crippen molar-refractivity contribution in [2.24, 2.45) is 0 Å². The Hall–Kier alpha value is -1.02. The van der Waals surface area contributed by atoms with Crippen molar-refractivity contribution in [1.82, 2.24) is 5.32 Å². The molecule has 1 N–H and O–H groups in total. The van der Waals surface area contributed by atoms with Crippen molar-refractivity contribution in [3.63, 3.8) is 0 Å². The van der Waals surface area contributed by atoms with E-state index >= 15 is 0 Å². The number of anilines is 1. The predicted octanol–water partition coefficient (Wildman–Crippen LogP) is 3.39. The molecular weight excluding hydrogens is 220 g/mol. The SMILES string of the molecule is CC(C)c1ccc(N2CCCNCCC2C)cc1. The molecule has 1 aromatic carbocycles. The average molecular weight is 246 g/mol. The smallest absolute Gasteiger partial charge is 0.0368 e. The molecule has 2 rings (SSSR count). The van der Waals surface area contributed by atoms with Crippen molar-refractivity contribution in [2.75, 3.05) is 24.5 Å². The number of benzene rings is 1. The van der Waals surface area contributed by atoms with E-state index in [0.717, 1.165) is 19.6 Å². The lowest BCUT2D eigenvalue weighted by atomic mass is 10.0. The van der Waals surface area contributed by atoms with Crippen LogP contribution in [0.25, 0.3) is 0 Å². The van der Waals surface area contributed by atoms with E-state index in [2.05, 4.69) is 55.3 Å². The zero-order valence-corrected chi connectivity index (χ0v) is 11.9. The van der Waals surface area contributed by atoms with Gasteiger partial charge in [-0.1, -0.05) is 26.0 Å². The van der Waals surface area contributed by atoms with Gasteiger partial charge in [-0.2, -0.15) is 0 Å². The van der Waals surface area contributed by atoms with Crippen LogP contribution in [-0.2, 0) is 0 Å². The second-order valence-electron chi connectivity index (χ2n) is 5.68. The Morgan fingerprint density at radius 3 is 2.56 bits per heavy atom. The minimum Gasteiger partial charge on any atom is -0.369 e. The highest BCUT2D eigenvalue weighted by Gasteiger charge is 2.16. The van der Waals surface area contributed by atoms with Gasteiger partial charge in [0, 0.05) is 18.3 Å². The summed E-state index contributed by atoms with van der Waals surface area (Å²) in [7, 11) is 0. The summed E-state index contributed by atoms with van der Waals surface area (Å²) in [5.41, 5.74) is 2.81. The molecule has 1 fully saturated rings. The molecule has 1 aliphatic rings. The molecule has 0 bridgehead atoms. The van der Waals surface area contributed by atoms with E-state index in [1.54, 1.807) is 0 Å². The van der Waals surface area contributed by atoms with Gasteiger partial charge in [0.2, 0.25) is 0 Å². The molecule has 0 radical (unpaired) electrons. The van der Waals surface area contributed by atoms with Gasteiger partial charge in [-0.3, -0.25) is 0 Å². The van der Waals surface area contributed by atoms with Gasteiger partial charge in [-0.25, -0.2) is 0 Å². The van der Waals surface area contributed by atoms with Crippen molar-refractivity contribution in [1.29, 1.82) is 0 Å². The lowest BCUT2D eigenvalue weighted by molar-refractivity contribution is 0.499. The maximum atomic E-state index is 3.49. The van der Waals surface area contributed by atoms with Crippen LogP contribution >= 0.6 is 0 Å². The first-order chi connectivity index (χ1) is 8.68. The Kier molecular flexibility index (Phi) is 4.65. The first kappa shape index (κ1) is 13.4. The minimum absolute atomic E-state index is 0.619. The van der Waals surface area contributed by atoms with E-state index in [4.69, 9.17) is 0 Å². The van der Waals surface area contributed by atoms with Gasteiger partial charge in [-0.05, 0) is 56.5 Å². The summed E-state index contributed by atoms with van der Waals surface area (Å²) < 4.78 is 0. The highest BCUT2D eigenvalue weighted by molar-refractivity contribution is 5.49. The van der Waals surface area contributed by atoms with Crippen LogP contribution in [0.5, 0.6) is 0 Å². The molecule has 2 heteroatoms. The van der Waals surface area contributed by atoms with E-state index in [1.807, 2.05) is 0 Å². The summed E-state index contributed by atoms with van der Waals surface area (Å²) in [6.07, 6.45) is 2.46. The van der Waals surface area contributed by atoms with Crippen LogP contribution in [0.15, 0.2) is 24.3 Å². The highest BCUT2D eigenvalue weighted by atomic mass is 15.2. The Morgan fingerprint density at radius 1 is 1.17 bits per heavy atom. The van der Waals surface area contributed by atoms with Crippen molar-refractivity contribution in [3.05, 3.63) is 29.8 Å². The minimum atomic E-state index is 0.619. The molecule has 1 atom stereocenters. The Morgan fingerprint density at radius 2 is 1.89 bits per heavy atom. The first-order valence-corrected chi connectivity index (χ1v) is 7.26. The molecular formula is C16H26N2. The predicted molar refractivity (Wildman–Crippen MR) is 79.4 cm³/mol. The van der Waals surface area contributed by atoms with Crippen molar-refractivity contribution in [3.8, 4) is 0 Å². The van der Waals surface area contributed by atoms with Crippen molar-refractivity contribution < 1.29 is 0 Å². The summed E-state index contributed by atoms with van der Waals surface area (Å²) in [5, 5.41) is 3.49. The highest BCUT2D eigenvalue weighted by Crippen LogP contribution is 2.23. The molecule has 0 saturated carbocycles. The van der Waals surface area contributed by atoms with E-state index in [-0.39, 0.29) is 0 Å². The maximum absolute atomic E-state index is 3.49. The monoisotopic (exact) mass is 246 g/mol. The molecule has 0 aliphatic carbocycles. The first-order valence-electron chi connectivity index (χ1n) is 7.26. The van der Waals surface area contributed by atoms with Crippen LogP contribution in [0.1, 0.15) is 45.1 Å². The summed E-state index contributed by atoms with van der Waals surface area (Å²) in [5.74, 6) is 0.619. The molecule has 1 saturated heterocycles. The quantitative estimate of drug-likeness (QED) is 0.860. The third-order valence-corrected chi connectivity index (χ3v) is 3.91. The summed E-state index contributed by atoms with van der Waals surface area (Å²) in [4.78, 5) is 2.56. The number of hydrogen-bond donors (Lipinski definition) is 1. The summed E-state index contributed by atoms with van der Waals surface area (Å²) in [6, 6.07) is 9.78. The molecule has 1 aliphatic heterocycles. The van der Waals surface area contributed by atoms with Gasteiger partial charge >= 0.3 is 0 Å². The number of hydrogen-bond acceptors (Lipinski definition) is 2. The van der Waals surface area contributed by atoms with Gasteiger partial charge in [0.25, 0.3) is 0 Å². The zero-order chi connectivity index (χ0) is 13.0. The third kappa shape index (κ3) is 3.26. The molecule has 1 aromatic rings. The van der Waals surface area contributed by atoms with Crippen molar-refractivity contribution in [2.45, 2.75) is 45.6 Å². The standard InChI is InChI=1S/C16H26N2/c1-13(2)15-5-7-16(8-6-15)18-12-4-10-17-11-9-14(18)3/h5-8,13-14,17H,4,9-12H2,1-3H3. The maximum Gasteiger partial charge on any atom is 0.0368 e. The lowest BCUT2D eigenvalue weighted by Gasteiger charge is -2.33. The fourth-order valence-electron chi connectivity index (χ4n) is 2.62. The van der Waals surface area contributed by atoms with Gasteiger partial charge in [-0.15, -0.1) is 0 Å². The Bertz CT molecular complexity index is 356. The van der Waals surface area contributed by atoms with E-state index in [1.165, 1.54) is 24.1 Å². The molecule has 0 spiro atoms. The Labute approximate surface area is 111 Å². The van der Waals surface area contributed by atoms with Gasteiger partial charge in [0.1, 0.15) is 0 Å². The number of nitrogens with one attached hydrogen (secondary N) is 1. The van der Waals surface area contributed by atoms with E-state index in [0.29, 0.717) is 12.0 Å². The van der Waals surface area contributed by atoms with Gasteiger partial charge in [0.05, 0.1) is 0 Å². The van der Waals surface area contributed by atoms with Gasteiger partial charge < -0.3 is 10.2 Å². The normalized spacial score (nSPS) is 21.8.